The number of aromatic nitrogens is 2. The number of nitrogens with one attached hydrogen (secondary N) is 2. The van der Waals surface area contributed by atoms with E-state index in [0.717, 1.165) is 37.6 Å². The Labute approximate surface area is 134 Å². The van der Waals surface area contributed by atoms with E-state index in [0.29, 0.717) is 26.3 Å². The van der Waals surface area contributed by atoms with Gasteiger partial charge in [-0.2, -0.15) is 0 Å². The molecule has 2 aliphatic rings. The third-order valence-corrected chi connectivity index (χ3v) is 4.14. The number of amides is 2. The van der Waals surface area contributed by atoms with Crippen molar-refractivity contribution in [3.8, 4) is 0 Å². The zero-order chi connectivity index (χ0) is 16.1. The first-order valence-electron chi connectivity index (χ1n) is 7.86. The summed E-state index contributed by atoms with van der Waals surface area (Å²) in [6.45, 7) is 4.24. The van der Waals surface area contributed by atoms with Crippen LogP contribution in [0.25, 0.3) is 0 Å². The second-order valence-electron chi connectivity index (χ2n) is 5.71. The number of ether oxygens (including phenoxy) is 1. The number of urea groups is 1. The van der Waals surface area contributed by atoms with Crippen LogP contribution in [-0.2, 0) is 4.74 Å². The number of anilines is 2. The second-order valence-corrected chi connectivity index (χ2v) is 5.71. The molecule has 23 heavy (non-hydrogen) atoms. The monoisotopic (exact) mass is 322 g/mol. The van der Waals surface area contributed by atoms with Gasteiger partial charge in [0.25, 0.3) is 0 Å². The predicted octanol–water partition coefficient (Wildman–Crippen LogP) is 0.288. The molecule has 3 N–H and O–H groups in total. The van der Waals surface area contributed by atoms with Gasteiger partial charge in [0, 0.05) is 38.3 Å². The number of piperidine rings is 1. The molecule has 9 nitrogen and oxygen atoms in total. The van der Waals surface area contributed by atoms with E-state index in [-0.39, 0.29) is 6.04 Å². The van der Waals surface area contributed by atoms with Crippen LogP contribution in [0.4, 0.5) is 16.4 Å². The van der Waals surface area contributed by atoms with Gasteiger partial charge in [0.2, 0.25) is 0 Å². The molecule has 1 aromatic heterocycles. The van der Waals surface area contributed by atoms with Crippen molar-refractivity contribution in [2.45, 2.75) is 18.9 Å². The SMILES string of the molecule is O=C(NO)N1CCC[C@@H](Nc2cc(N3CCOCC3)ncn2)C1. The maximum atomic E-state index is 11.5. The summed E-state index contributed by atoms with van der Waals surface area (Å²) in [7, 11) is 0. The molecule has 2 amide bonds. The number of rotatable bonds is 3. The third kappa shape index (κ3) is 3.99. The molecule has 0 aliphatic carbocycles. The topological polar surface area (TPSA) is 103 Å². The second kappa shape index (κ2) is 7.42. The van der Waals surface area contributed by atoms with Gasteiger partial charge in [-0.1, -0.05) is 0 Å². The van der Waals surface area contributed by atoms with Gasteiger partial charge >= 0.3 is 6.03 Å². The van der Waals surface area contributed by atoms with Gasteiger partial charge in [-0.05, 0) is 12.8 Å². The summed E-state index contributed by atoms with van der Waals surface area (Å²) in [4.78, 5) is 23.9. The maximum Gasteiger partial charge on any atom is 0.341 e. The van der Waals surface area contributed by atoms with Crippen LogP contribution < -0.4 is 15.7 Å². The molecule has 0 bridgehead atoms. The molecule has 2 saturated heterocycles. The fraction of sp³-hybridized carbons (Fsp3) is 0.643. The Bertz CT molecular complexity index is 537. The largest absolute Gasteiger partial charge is 0.378 e. The van der Waals surface area contributed by atoms with Crippen molar-refractivity contribution in [1.82, 2.24) is 20.3 Å². The fourth-order valence-electron chi connectivity index (χ4n) is 2.95. The van der Waals surface area contributed by atoms with E-state index in [2.05, 4.69) is 20.2 Å². The van der Waals surface area contributed by atoms with E-state index in [9.17, 15) is 4.79 Å². The summed E-state index contributed by atoms with van der Waals surface area (Å²) in [6, 6.07) is 1.57. The molecule has 1 aromatic rings. The quantitative estimate of drug-likeness (QED) is 0.543. The van der Waals surface area contributed by atoms with Crippen LogP contribution in [0.1, 0.15) is 12.8 Å². The van der Waals surface area contributed by atoms with Crippen LogP contribution in [0.5, 0.6) is 0 Å². The number of nitrogens with zero attached hydrogens (tertiary/aromatic N) is 4. The minimum absolute atomic E-state index is 0.105. The van der Waals surface area contributed by atoms with Crippen molar-refractivity contribution in [3.63, 3.8) is 0 Å². The Kier molecular flexibility index (Phi) is 5.09. The lowest BCUT2D eigenvalue weighted by atomic mass is 10.1. The lowest BCUT2D eigenvalue weighted by molar-refractivity contribution is 0.121. The highest BCUT2D eigenvalue weighted by molar-refractivity contribution is 5.73. The molecule has 1 atom stereocenters. The van der Waals surface area contributed by atoms with Crippen LogP contribution in [0.2, 0.25) is 0 Å². The van der Waals surface area contributed by atoms with Gasteiger partial charge in [-0.3, -0.25) is 5.21 Å². The molecule has 0 unspecified atom stereocenters. The van der Waals surface area contributed by atoms with Crippen LogP contribution >= 0.6 is 0 Å². The fourth-order valence-corrected chi connectivity index (χ4v) is 2.95. The zero-order valence-electron chi connectivity index (χ0n) is 12.9. The summed E-state index contributed by atoms with van der Waals surface area (Å²) in [6.07, 6.45) is 3.38. The van der Waals surface area contributed by atoms with Crippen LogP contribution in [0.3, 0.4) is 0 Å². The molecule has 0 spiro atoms. The predicted molar refractivity (Wildman–Crippen MR) is 83.6 cm³/mol. The average molecular weight is 322 g/mol. The number of carbonyl (C=O) groups is 1. The molecule has 2 fully saturated rings. The van der Waals surface area contributed by atoms with Crippen molar-refractivity contribution in [3.05, 3.63) is 12.4 Å². The molecule has 2 aliphatic heterocycles. The first kappa shape index (κ1) is 15.8. The first-order chi connectivity index (χ1) is 11.3. The molecule has 3 heterocycles. The standard InChI is InChI=1S/C14H22N6O3/c21-14(18-22)20-3-1-2-11(9-20)17-12-8-13(16-10-15-12)19-4-6-23-7-5-19/h8,10-11,22H,1-7,9H2,(H,18,21)(H,15,16,17)/t11-/m1/s1. The molecule has 0 aromatic carbocycles. The van der Waals surface area contributed by atoms with E-state index < -0.39 is 6.03 Å². The number of carbonyl (C=O) groups excluding carboxylic acids is 1. The highest BCUT2D eigenvalue weighted by Gasteiger charge is 2.24. The van der Waals surface area contributed by atoms with Crippen LogP contribution in [0, 0.1) is 0 Å². The first-order valence-corrected chi connectivity index (χ1v) is 7.86. The number of hydrogen-bond donors (Lipinski definition) is 3. The summed E-state index contributed by atoms with van der Waals surface area (Å²) in [5.74, 6) is 1.63. The average Bonchev–Trinajstić information content (AvgIpc) is 2.62. The van der Waals surface area contributed by atoms with Gasteiger partial charge in [0.1, 0.15) is 18.0 Å². The van der Waals surface area contributed by atoms with Crippen LogP contribution in [-0.4, -0.2) is 71.5 Å². The molecule has 3 rings (SSSR count). The molecule has 0 radical (unpaired) electrons. The normalized spacial score (nSPS) is 21.9. The lowest BCUT2D eigenvalue weighted by Gasteiger charge is -2.33. The highest BCUT2D eigenvalue weighted by atomic mass is 16.5. The Morgan fingerprint density at radius 1 is 1.30 bits per heavy atom. The zero-order valence-corrected chi connectivity index (χ0v) is 12.9. The van der Waals surface area contributed by atoms with Crippen molar-refractivity contribution in [2.24, 2.45) is 0 Å². The summed E-state index contributed by atoms with van der Waals surface area (Å²) >= 11 is 0. The molecule has 0 saturated carbocycles. The van der Waals surface area contributed by atoms with Crippen molar-refractivity contribution in [1.29, 1.82) is 0 Å². The Balaban J connectivity index is 1.62. The summed E-state index contributed by atoms with van der Waals surface area (Å²) in [5, 5.41) is 12.1. The number of hydroxylamine groups is 1. The van der Waals surface area contributed by atoms with E-state index in [4.69, 9.17) is 9.94 Å². The number of morpholine rings is 1. The molecule has 126 valence electrons. The van der Waals surface area contributed by atoms with E-state index >= 15 is 0 Å². The minimum Gasteiger partial charge on any atom is -0.378 e. The number of likely N-dealkylation sites (tertiary alicyclic amines) is 1. The van der Waals surface area contributed by atoms with Gasteiger partial charge < -0.3 is 19.9 Å². The maximum absolute atomic E-state index is 11.5. The van der Waals surface area contributed by atoms with Crippen LogP contribution in [0.15, 0.2) is 12.4 Å². The molecule has 9 heteroatoms. The Hall–Kier alpha value is -2.13. The van der Waals surface area contributed by atoms with Crippen molar-refractivity contribution >= 4 is 17.7 Å². The lowest BCUT2D eigenvalue weighted by Crippen LogP contribution is -2.48. The van der Waals surface area contributed by atoms with Gasteiger partial charge in [0.05, 0.1) is 13.2 Å². The Morgan fingerprint density at radius 2 is 2.13 bits per heavy atom. The Morgan fingerprint density at radius 3 is 2.91 bits per heavy atom. The van der Waals surface area contributed by atoms with E-state index in [1.807, 2.05) is 6.07 Å². The molecular weight excluding hydrogens is 300 g/mol. The summed E-state index contributed by atoms with van der Waals surface area (Å²) < 4.78 is 5.35. The van der Waals surface area contributed by atoms with Gasteiger partial charge in [-0.15, -0.1) is 0 Å². The van der Waals surface area contributed by atoms with Gasteiger partial charge in [-0.25, -0.2) is 20.2 Å². The van der Waals surface area contributed by atoms with E-state index in [1.165, 1.54) is 0 Å². The van der Waals surface area contributed by atoms with Gasteiger partial charge in [0.15, 0.2) is 0 Å². The summed E-state index contributed by atoms with van der Waals surface area (Å²) in [5.41, 5.74) is 1.69. The van der Waals surface area contributed by atoms with Crippen molar-refractivity contribution < 1.29 is 14.7 Å². The van der Waals surface area contributed by atoms with E-state index in [1.54, 1.807) is 16.7 Å². The van der Waals surface area contributed by atoms with Crippen molar-refractivity contribution in [2.75, 3.05) is 49.6 Å². The highest BCUT2D eigenvalue weighted by Crippen LogP contribution is 2.19. The number of hydrogen-bond acceptors (Lipinski definition) is 7. The minimum atomic E-state index is -0.465. The third-order valence-electron chi connectivity index (χ3n) is 4.14. The smallest absolute Gasteiger partial charge is 0.341 e. The molecular formula is C14H22N6O3.